The first-order valence-electron chi connectivity index (χ1n) is 4.84. The van der Waals surface area contributed by atoms with Gasteiger partial charge in [-0.15, -0.1) is 11.3 Å². The zero-order chi connectivity index (χ0) is 12.3. The summed E-state index contributed by atoms with van der Waals surface area (Å²) in [6, 6.07) is 1.79. The molecule has 17 heavy (non-hydrogen) atoms. The number of carboxylic acid groups (broad SMARTS) is 1. The van der Waals surface area contributed by atoms with E-state index in [2.05, 4.69) is 10.3 Å². The highest BCUT2D eigenvalue weighted by atomic mass is 32.1. The van der Waals surface area contributed by atoms with Gasteiger partial charge in [0.2, 0.25) is 0 Å². The molecular weight excluding hydrogens is 260 g/mol. The van der Waals surface area contributed by atoms with Crippen LogP contribution in [0.15, 0.2) is 21.6 Å². The van der Waals surface area contributed by atoms with E-state index in [1.165, 1.54) is 11.3 Å². The fourth-order valence-electron chi connectivity index (χ4n) is 1.39. The van der Waals surface area contributed by atoms with E-state index < -0.39 is 5.97 Å². The van der Waals surface area contributed by atoms with Crippen LogP contribution in [-0.4, -0.2) is 16.1 Å². The Balaban J connectivity index is 1.92. The fraction of sp³-hybridized carbons (Fsp3) is 0.200. The van der Waals surface area contributed by atoms with Gasteiger partial charge in [-0.25, -0.2) is 4.79 Å². The Hall–Kier alpha value is -1.44. The first-order chi connectivity index (χ1) is 8.16. The monoisotopic (exact) mass is 270 g/mol. The summed E-state index contributed by atoms with van der Waals surface area (Å²) in [5.41, 5.74) is 1.58. The first-order valence-corrected chi connectivity index (χ1v) is 6.60. The van der Waals surface area contributed by atoms with Crippen LogP contribution in [0.25, 0.3) is 0 Å². The molecule has 7 heteroatoms. The van der Waals surface area contributed by atoms with E-state index in [-0.39, 0.29) is 4.87 Å². The molecule has 0 bridgehead atoms. The van der Waals surface area contributed by atoms with E-state index in [1.807, 2.05) is 0 Å². The van der Waals surface area contributed by atoms with Crippen LogP contribution in [0.1, 0.15) is 20.9 Å². The summed E-state index contributed by atoms with van der Waals surface area (Å²) < 4.78 is 0. The molecule has 5 nitrogen and oxygen atoms in total. The minimum Gasteiger partial charge on any atom is -0.477 e. The molecule has 2 heterocycles. The molecule has 0 aliphatic rings. The Morgan fingerprint density at radius 1 is 1.41 bits per heavy atom. The normalized spacial score (nSPS) is 10.6. The predicted molar refractivity (Wildman–Crippen MR) is 66.8 cm³/mol. The summed E-state index contributed by atoms with van der Waals surface area (Å²) in [7, 11) is 0. The highest BCUT2D eigenvalue weighted by molar-refractivity contribution is 7.12. The standard InChI is InChI=1S/C10H10N2O3S2/c13-9(14)8-6(1-2-16-8)3-11-4-7-5-17-10(15)12-7/h1-2,5,11H,3-4H2,(H,12,15)(H,13,14). The van der Waals surface area contributed by atoms with Crippen molar-refractivity contribution >= 4 is 28.6 Å². The molecule has 2 aromatic heterocycles. The van der Waals surface area contributed by atoms with Crippen LogP contribution in [0.4, 0.5) is 0 Å². The second-order valence-corrected chi connectivity index (χ2v) is 5.12. The third-order valence-electron chi connectivity index (χ3n) is 2.14. The van der Waals surface area contributed by atoms with Crippen molar-refractivity contribution in [2.45, 2.75) is 13.1 Å². The zero-order valence-corrected chi connectivity index (χ0v) is 10.4. The van der Waals surface area contributed by atoms with Gasteiger partial charge in [-0.2, -0.15) is 0 Å². The lowest BCUT2D eigenvalue weighted by atomic mass is 10.2. The number of aromatic amines is 1. The molecular formula is C10H10N2O3S2. The van der Waals surface area contributed by atoms with E-state index in [9.17, 15) is 9.59 Å². The van der Waals surface area contributed by atoms with Crippen LogP contribution < -0.4 is 10.2 Å². The van der Waals surface area contributed by atoms with Gasteiger partial charge in [-0.3, -0.25) is 4.79 Å². The van der Waals surface area contributed by atoms with Gasteiger partial charge in [0.1, 0.15) is 4.88 Å². The molecule has 0 saturated carbocycles. The Morgan fingerprint density at radius 3 is 2.88 bits per heavy atom. The van der Waals surface area contributed by atoms with Gasteiger partial charge in [0, 0.05) is 24.2 Å². The van der Waals surface area contributed by atoms with Gasteiger partial charge >= 0.3 is 10.8 Å². The highest BCUT2D eigenvalue weighted by Gasteiger charge is 2.10. The van der Waals surface area contributed by atoms with Crippen LogP contribution >= 0.6 is 22.7 Å². The molecule has 0 aliphatic heterocycles. The van der Waals surface area contributed by atoms with E-state index >= 15 is 0 Å². The van der Waals surface area contributed by atoms with Gasteiger partial charge in [0.25, 0.3) is 0 Å². The summed E-state index contributed by atoms with van der Waals surface area (Å²) >= 11 is 2.33. The minimum atomic E-state index is -0.902. The molecule has 3 N–H and O–H groups in total. The third kappa shape index (κ3) is 3.02. The number of carbonyl (C=O) groups is 1. The van der Waals surface area contributed by atoms with Crippen molar-refractivity contribution < 1.29 is 9.90 Å². The number of thiophene rings is 1. The lowest BCUT2D eigenvalue weighted by Crippen LogP contribution is -2.15. The average molecular weight is 270 g/mol. The summed E-state index contributed by atoms with van der Waals surface area (Å²) in [6.07, 6.45) is 0. The summed E-state index contributed by atoms with van der Waals surface area (Å²) in [5.74, 6) is -0.902. The first kappa shape index (κ1) is 12.0. The van der Waals surface area contributed by atoms with Crippen molar-refractivity contribution in [2.24, 2.45) is 0 Å². The summed E-state index contributed by atoms with van der Waals surface area (Å²) in [6.45, 7) is 0.997. The summed E-state index contributed by atoms with van der Waals surface area (Å²) in [5, 5.41) is 15.5. The molecule has 0 unspecified atom stereocenters. The number of hydrogen-bond donors (Lipinski definition) is 3. The van der Waals surface area contributed by atoms with E-state index in [0.717, 1.165) is 22.6 Å². The minimum absolute atomic E-state index is 0.0800. The number of thiazole rings is 1. The molecule has 90 valence electrons. The quantitative estimate of drug-likeness (QED) is 0.768. The molecule has 0 saturated heterocycles. The molecule has 0 atom stereocenters. The van der Waals surface area contributed by atoms with Crippen LogP contribution in [0.5, 0.6) is 0 Å². The van der Waals surface area contributed by atoms with E-state index in [1.54, 1.807) is 16.8 Å². The Labute approximate surface area is 105 Å². The zero-order valence-electron chi connectivity index (χ0n) is 8.73. The molecule has 2 aromatic rings. The molecule has 0 spiro atoms. The Morgan fingerprint density at radius 2 is 2.24 bits per heavy atom. The molecule has 0 aromatic carbocycles. The van der Waals surface area contributed by atoms with E-state index in [0.29, 0.717) is 18.0 Å². The Bertz CT molecular complexity index is 570. The van der Waals surface area contributed by atoms with Crippen molar-refractivity contribution in [1.82, 2.24) is 10.3 Å². The van der Waals surface area contributed by atoms with Crippen molar-refractivity contribution in [2.75, 3.05) is 0 Å². The number of hydrogen-bond acceptors (Lipinski definition) is 5. The molecule has 0 amide bonds. The summed E-state index contributed by atoms with van der Waals surface area (Å²) in [4.78, 5) is 24.7. The lowest BCUT2D eigenvalue weighted by Gasteiger charge is -2.02. The average Bonchev–Trinajstić information content (AvgIpc) is 2.87. The van der Waals surface area contributed by atoms with Crippen LogP contribution in [0, 0.1) is 0 Å². The number of H-pyrrole nitrogens is 1. The largest absolute Gasteiger partial charge is 0.477 e. The van der Waals surface area contributed by atoms with Gasteiger partial charge in [0.05, 0.1) is 0 Å². The topological polar surface area (TPSA) is 82.2 Å². The molecule has 2 rings (SSSR count). The molecule has 0 fully saturated rings. The van der Waals surface area contributed by atoms with Gasteiger partial charge in [-0.1, -0.05) is 11.3 Å². The maximum atomic E-state index is 10.9. The number of aromatic nitrogens is 1. The second-order valence-electron chi connectivity index (χ2n) is 3.36. The number of aromatic carboxylic acids is 1. The smallest absolute Gasteiger partial charge is 0.346 e. The third-order valence-corrected chi connectivity index (χ3v) is 3.81. The van der Waals surface area contributed by atoms with Crippen LogP contribution in [-0.2, 0) is 13.1 Å². The van der Waals surface area contributed by atoms with Crippen molar-refractivity contribution in [1.29, 1.82) is 0 Å². The van der Waals surface area contributed by atoms with Crippen molar-refractivity contribution in [3.05, 3.63) is 42.6 Å². The maximum Gasteiger partial charge on any atom is 0.346 e. The van der Waals surface area contributed by atoms with Crippen LogP contribution in [0.3, 0.4) is 0 Å². The Kier molecular flexibility index (Phi) is 3.72. The van der Waals surface area contributed by atoms with E-state index in [4.69, 9.17) is 5.11 Å². The van der Waals surface area contributed by atoms with Crippen molar-refractivity contribution in [3.63, 3.8) is 0 Å². The number of carboxylic acids is 1. The van der Waals surface area contributed by atoms with Crippen molar-refractivity contribution in [3.8, 4) is 0 Å². The predicted octanol–water partition coefficient (Wildman–Crippen LogP) is 1.49. The SMILES string of the molecule is O=C(O)c1sccc1CNCc1csc(=O)[nH]1. The molecule has 0 radical (unpaired) electrons. The number of nitrogens with one attached hydrogen (secondary N) is 2. The second kappa shape index (κ2) is 5.26. The highest BCUT2D eigenvalue weighted by Crippen LogP contribution is 2.16. The van der Waals surface area contributed by atoms with Gasteiger partial charge in [-0.05, 0) is 17.0 Å². The molecule has 0 aliphatic carbocycles. The van der Waals surface area contributed by atoms with Crippen LogP contribution in [0.2, 0.25) is 0 Å². The van der Waals surface area contributed by atoms with Gasteiger partial charge in [0.15, 0.2) is 0 Å². The fourth-order valence-corrected chi connectivity index (χ4v) is 2.74. The lowest BCUT2D eigenvalue weighted by molar-refractivity contribution is 0.0701. The van der Waals surface area contributed by atoms with Gasteiger partial charge < -0.3 is 15.4 Å². The maximum absolute atomic E-state index is 10.9. The number of rotatable bonds is 5.